The third-order valence-electron chi connectivity index (χ3n) is 5.38. The van der Waals surface area contributed by atoms with Crippen LogP contribution in [-0.4, -0.2) is 42.8 Å². The van der Waals surface area contributed by atoms with Crippen molar-refractivity contribution in [2.75, 3.05) is 6.54 Å². The topological polar surface area (TPSA) is 114 Å². The van der Waals surface area contributed by atoms with E-state index in [2.05, 4.69) is 16.0 Å². The van der Waals surface area contributed by atoms with Gasteiger partial charge in [0.2, 0.25) is 11.8 Å². The number of alkyl carbamates (subject to hydrolysis) is 1. The van der Waals surface area contributed by atoms with Gasteiger partial charge in [-0.3, -0.25) is 9.59 Å². The van der Waals surface area contributed by atoms with Gasteiger partial charge in [0.05, 0.1) is 6.04 Å². The van der Waals surface area contributed by atoms with E-state index in [-0.39, 0.29) is 24.2 Å². The number of rotatable bonds is 10. The number of hydrogen-bond acceptors (Lipinski definition) is 5. The molecule has 3 amide bonds. The Morgan fingerprint density at radius 1 is 1.31 bits per heavy atom. The van der Waals surface area contributed by atoms with Gasteiger partial charge in [-0.05, 0) is 56.7 Å². The Labute approximate surface area is 193 Å². The van der Waals surface area contributed by atoms with E-state index >= 15 is 0 Å². The Balaban J connectivity index is 2.02. The second-order valence-corrected chi connectivity index (χ2v) is 9.44. The molecule has 176 valence electrons. The second-order valence-electron chi connectivity index (χ2n) is 9.00. The summed E-state index contributed by atoms with van der Waals surface area (Å²) in [4.78, 5) is 48.8. The first-order chi connectivity index (χ1) is 15.0. The van der Waals surface area contributed by atoms with Crippen molar-refractivity contribution in [2.45, 2.75) is 64.6 Å². The minimum atomic E-state index is -0.977. The number of hydrogen-bond donors (Lipinski definition) is 3. The molecule has 32 heavy (non-hydrogen) atoms. The van der Waals surface area contributed by atoms with Crippen LogP contribution in [-0.2, 0) is 24.7 Å². The van der Waals surface area contributed by atoms with Crippen molar-refractivity contribution in [1.82, 2.24) is 16.0 Å². The number of nitrogens with one attached hydrogen (secondary N) is 3. The molecule has 2 rings (SSSR count). The molecule has 1 fully saturated rings. The van der Waals surface area contributed by atoms with Gasteiger partial charge in [0.15, 0.2) is 0 Å². The summed E-state index contributed by atoms with van der Waals surface area (Å²) in [5.74, 6) is -0.825. The Morgan fingerprint density at radius 2 is 2.03 bits per heavy atom. The molecule has 3 atom stereocenters. The number of aldehydes is 1. The fourth-order valence-electron chi connectivity index (χ4n) is 3.64. The first-order valence-corrected chi connectivity index (χ1v) is 11.2. The van der Waals surface area contributed by atoms with Crippen LogP contribution >= 0.6 is 11.6 Å². The summed E-state index contributed by atoms with van der Waals surface area (Å²) in [6.07, 6.45) is 1.07. The van der Waals surface area contributed by atoms with Crippen LogP contribution in [0.5, 0.6) is 0 Å². The van der Waals surface area contributed by atoms with Crippen molar-refractivity contribution in [3.05, 3.63) is 34.9 Å². The van der Waals surface area contributed by atoms with Crippen molar-refractivity contribution >= 4 is 35.8 Å². The summed E-state index contributed by atoms with van der Waals surface area (Å²) in [6.45, 7) is 7.86. The van der Waals surface area contributed by atoms with E-state index in [1.54, 1.807) is 38.1 Å². The van der Waals surface area contributed by atoms with Gasteiger partial charge in [0.25, 0.3) is 0 Å². The van der Waals surface area contributed by atoms with Crippen molar-refractivity contribution in [2.24, 2.45) is 11.8 Å². The molecule has 1 heterocycles. The smallest absolute Gasteiger partial charge is 0.408 e. The van der Waals surface area contributed by atoms with Crippen LogP contribution in [0.1, 0.15) is 52.5 Å². The number of carbonyl (C=O) groups is 4. The van der Waals surface area contributed by atoms with E-state index < -0.39 is 29.7 Å². The minimum Gasteiger partial charge on any atom is -0.439 e. The first-order valence-electron chi connectivity index (χ1n) is 10.8. The van der Waals surface area contributed by atoms with Crippen molar-refractivity contribution in [1.29, 1.82) is 0 Å². The maximum atomic E-state index is 12.9. The Bertz CT molecular complexity index is 843. The molecule has 0 aromatic heterocycles. The van der Waals surface area contributed by atoms with Gasteiger partial charge in [-0.1, -0.05) is 37.6 Å². The third-order valence-corrected chi connectivity index (χ3v) is 5.61. The number of carbonyl (C=O) groups excluding carboxylic acids is 4. The van der Waals surface area contributed by atoms with Gasteiger partial charge < -0.3 is 25.5 Å². The maximum Gasteiger partial charge on any atom is 0.408 e. The van der Waals surface area contributed by atoms with E-state index in [0.29, 0.717) is 36.3 Å². The standard InChI is InChI=1S/C23H32ClN3O5/c1-14(2)10-19(21(30)26-18(13-28)11-15-8-9-25-20(15)29)27-22(31)32-23(3,4)16-6-5-7-17(24)12-16/h5-7,12-15,18-19H,8-11H2,1-4H3,(H,25,29)(H,26,30)(H,27,31)/t15-,18-,19-/m0/s1. The average Bonchev–Trinajstić information content (AvgIpc) is 3.10. The molecule has 0 radical (unpaired) electrons. The lowest BCUT2D eigenvalue weighted by atomic mass is 9.98. The molecule has 1 aliphatic heterocycles. The Kier molecular flexibility index (Phi) is 9.07. The third kappa shape index (κ3) is 7.51. The zero-order valence-corrected chi connectivity index (χ0v) is 19.7. The average molecular weight is 466 g/mol. The summed E-state index contributed by atoms with van der Waals surface area (Å²) in [5, 5.41) is 8.51. The fraction of sp³-hybridized carbons (Fsp3) is 0.565. The highest BCUT2D eigenvalue weighted by Gasteiger charge is 2.32. The second kappa shape index (κ2) is 11.3. The minimum absolute atomic E-state index is 0.0993. The summed E-state index contributed by atoms with van der Waals surface area (Å²) < 4.78 is 5.58. The van der Waals surface area contributed by atoms with Crippen LogP contribution in [0.3, 0.4) is 0 Å². The van der Waals surface area contributed by atoms with Gasteiger partial charge >= 0.3 is 6.09 Å². The van der Waals surface area contributed by atoms with Gasteiger partial charge in [0.1, 0.15) is 17.9 Å². The summed E-state index contributed by atoms with van der Waals surface area (Å²) >= 11 is 6.04. The van der Waals surface area contributed by atoms with Crippen molar-refractivity contribution in [3.63, 3.8) is 0 Å². The van der Waals surface area contributed by atoms with Gasteiger partial charge in [-0.2, -0.15) is 0 Å². The monoisotopic (exact) mass is 465 g/mol. The van der Waals surface area contributed by atoms with Crippen molar-refractivity contribution < 1.29 is 23.9 Å². The van der Waals surface area contributed by atoms with E-state index in [9.17, 15) is 19.2 Å². The molecule has 1 aromatic rings. The molecule has 0 bridgehead atoms. The van der Waals surface area contributed by atoms with Crippen LogP contribution in [0.15, 0.2) is 24.3 Å². The zero-order chi connectivity index (χ0) is 23.9. The SMILES string of the molecule is CC(C)C[C@H](NC(=O)OC(C)(C)c1cccc(Cl)c1)C(=O)N[C@H](C=O)C[C@@H]1CCNC1=O. The van der Waals surface area contributed by atoms with Crippen molar-refractivity contribution in [3.8, 4) is 0 Å². The lowest BCUT2D eigenvalue weighted by Crippen LogP contribution is -2.51. The number of halogens is 1. The summed E-state index contributed by atoms with van der Waals surface area (Å²) in [7, 11) is 0. The highest BCUT2D eigenvalue weighted by molar-refractivity contribution is 6.30. The van der Waals surface area contributed by atoms with Gasteiger partial charge in [-0.25, -0.2) is 4.79 Å². The Morgan fingerprint density at radius 3 is 2.59 bits per heavy atom. The van der Waals surface area contributed by atoms with E-state index in [1.807, 2.05) is 13.8 Å². The van der Waals surface area contributed by atoms with Gasteiger partial charge in [0, 0.05) is 17.5 Å². The Hall–Kier alpha value is -2.61. The molecule has 1 saturated heterocycles. The highest BCUT2D eigenvalue weighted by atomic mass is 35.5. The van der Waals surface area contributed by atoms with E-state index in [4.69, 9.17) is 16.3 Å². The zero-order valence-electron chi connectivity index (χ0n) is 18.9. The van der Waals surface area contributed by atoms with Crippen LogP contribution in [0.4, 0.5) is 4.79 Å². The van der Waals surface area contributed by atoms with Crippen LogP contribution in [0, 0.1) is 11.8 Å². The number of ether oxygens (including phenoxy) is 1. The van der Waals surface area contributed by atoms with Gasteiger partial charge in [-0.15, -0.1) is 0 Å². The summed E-state index contributed by atoms with van der Waals surface area (Å²) in [6, 6.07) is 5.29. The molecule has 0 aliphatic carbocycles. The van der Waals surface area contributed by atoms with E-state index in [1.165, 1.54) is 0 Å². The highest BCUT2D eigenvalue weighted by Crippen LogP contribution is 2.27. The van der Waals surface area contributed by atoms with Crippen LogP contribution in [0.25, 0.3) is 0 Å². The number of amides is 3. The van der Waals surface area contributed by atoms with Crippen LogP contribution < -0.4 is 16.0 Å². The predicted molar refractivity (Wildman–Crippen MR) is 121 cm³/mol. The molecule has 0 spiro atoms. The first kappa shape index (κ1) is 25.6. The molecule has 9 heteroatoms. The molecular weight excluding hydrogens is 434 g/mol. The summed E-state index contributed by atoms with van der Waals surface area (Å²) in [5.41, 5.74) is -0.268. The molecular formula is C23H32ClN3O5. The molecule has 0 unspecified atom stereocenters. The molecule has 8 nitrogen and oxygen atoms in total. The normalized spacial score (nSPS) is 17.9. The predicted octanol–water partition coefficient (Wildman–Crippen LogP) is 2.93. The quantitative estimate of drug-likeness (QED) is 0.460. The lowest BCUT2D eigenvalue weighted by Gasteiger charge is -2.28. The molecule has 1 aromatic carbocycles. The lowest BCUT2D eigenvalue weighted by molar-refractivity contribution is -0.127. The molecule has 3 N–H and O–H groups in total. The molecule has 0 saturated carbocycles. The van der Waals surface area contributed by atoms with E-state index in [0.717, 1.165) is 0 Å². The van der Waals surface area contributed by atoms with Crippen LogP contribution in [0.2, 0.25) is 5.02 Å². The largest absolute Gasteiger partial charge is 0.439 e. The molecule has 1 aliphatic rings. The number of benzene rings is 1. The maximum absolute atomic E-state index is 12.9. The fourth-order valence-corrected chi connectivity index (χ4v) is 3.83.